The summed E-state index contributed by atoms with van der Waals surface area (Å²) in [5.74, 6) is 1.80. The Morgan fingerprint density at radius 1 is 1.03 bits per heavy atom. The Hall–Kier alpha value is -1.79. The number of nitrogens with one attached hydrogen (secondary N) is 2. The van der Waals surface area contributed by atoms with E-state index in [1.54, 1.807) is 19.0 Å². The van der Waals surface area contributed by atoms with Gasteiger partial charge >= 0.3 is 0 Å². The van der Waals surface area contributed by atoms with Gasteiger partial charge < -0.3 is 20.4 Å². The van der Waals surface area contributed by atoms with E-state index in [4.69, 9.17) is 0 Å². The van der Waals surface area contributed by atoms with E-state index in [0.29, 0.717) is 17.9 Å². The molecule has 0 aromatic rings. The van der Waals surface area contributed by atoms with Crippen LogP contribution in [0.3, 0.4) is 0 Å². The quantitative estimate of drug-likeness (QED) is 0.489. The third-order valence-electron chi connectivity index (χ3n) is 6.79. The van der Waals surface area contributed by atoms with Crippen LogP contribution in [0.15, 0.2) is 4.99 Å². The smallest absolute Gasteiger partial charge is 0.243 e. The minimum Gasteiger partial charge on any atom is -0.354 e. The maximum Gasteiger partial charge on any atom is 0.243 e. The van der Waals surface area contributed by atoms with Crippen LogP contribution in [0.5, 0.6) is 0 Å². The Morgan fingerprint density at radius 3 is 2.23 bits per heavy atom. The predicted octanol–water partition coefficient (Wildman–Crippen LogP) is 2.62. The monoisotopic (exact) mass is 421 g/mol. The van der Waals surface area contributed by atoms with Gasteiger partial charge in [0, 0.05) is 45.2 Å². The molecule has 0 aromatic carbocycles. The zero-order valence-corrected chi connectivity index (χ0v) is 19.7. The second-order valence-electron chi connectivity index (χ2n) is 9.22. The first-order chi connectivity index (χ1) is 14.3. The van der Waals surface area contributed by atoms with Crippen LogP contribution >= 0.6 is 0 Å². The van der Waals surface area contributed by atoms with Crippen LogP contribution in [0.2, 0.25) is 0 Å². The van der Waals surface area contributed by atoms with Crippen molar-refractivity contribution in [3.8, 4) is 0 Å². The number of carbonyl (C=O) groups excluding carboxylic acids is 2. The lowest BCUT2D eigenvalue weighted by atomic mass is 9.86. The molecule has 2 N–H and O–H groups in total. The fourth-order valence-corrected chi connectivity index (χ4v) is 4.46. The molecule has 1 aliphatic carbocycles. The van der Waals surface area contributed by atoms with Gasteiger partial charge in [-0.15, -0.1) is 0 Å². The Balaban J connectivity index is 1.95. The second kappa shape index (κ2) is 12.2. The van der Waals surface area contributed by atoms with Gasteiger partial charge in [0.05, 0.1) is 0 Å². The molecule has 172 valence electrons. The van der Waals surface area contributed by atoms with Crippen molar-refractivity contribution in [2.45, 2.75) is 84.2 Å². The van der Waals surface area contributed by atoms with E-state index >= 15 is 0 Å². The van der Waals surface area contributed by atoms with Gasteiger partial charge in [-0.2, -0.15) is 0 Å². The summed E-state index contributed by atoms with van der Waals surface area (Å²) < 4.78 is 0. The normalized spacial score (nSPS) is 23.4. The lowest BCUT2D eigenvalue weighted by Crippen LogP contribution is -2.53. The van der Waals surface area contributed by atoms with E-state index in [1.807, 2.05) is 4.90 Å². The highest BCUT2D eigenvalue weighted by atomic mass is 16.2. The highest BCUT2D eigenvalue weighted by molar-refractivity contribution is 5.85. The number of nitrogens with zero attached hydrogens (tertiary/aromatic N) is 3. The summed E-state index contributed by atoms with van der Waals surface area (Å²) >= 11 is 0. The van der Waals surface area contributed by atoms with Crippen molar-refractivity contribution in [1.29, 1.82) is 0 Å². The molecule has 1 saturated carbocycles. The van der Waals surface area contributed by atoms with Gasteiger partial charge in [-0.25, -0.2) is 4.99 Å². The van der Waals surface area contributed by atoms with Crippen LogP contribution < -0.4 is 10.6 Å². The van der Waals surface area contributed by atoms with Crippen LogP contribution in [0.4, 0.5) is 0 Å². The topological polar surface area (TPSA) is 77.0 Å². The minimum absolute atomic E-state index is 0.00150. The third-order valence-corrected chi connectivity index (χ3v) is 6.79. The zero-order chi connectivity index (χ0) is 22.1. The third kappa shape index (κ3) is 7.17. The number of amides is 2. The first-order valence-electron chi connectivity index (χ1n) is 11.9. The summed E-state index contributed by atoms with van der Waals surface area (Å²) in [5.41, 5.74) is 0. The molecule has 2 atom stereocenters. The van der Waals surface area contributed by atoms with E-state index in [1.165, 1.54) is 19.3 Å². The molecular formula is C23H43N5O2. The molecule has 0 bridgehead atoms. The van der Waals surface area contributed by atoms with Gasteiger partial charge in [0.2, 0.25) is 11.8 Å². The molecule has 1 saturated heterocycles. The van der Waals surface area contributed by atoms with E-state index in [0.717, 1.165) is 51.2 Å². The summed E-state index contributed by atoms with van der Waals surface area (Å²) in [6.45, 7) is 8.20. The first-order valence-corrected chi connectivity index (χ1v) is 11.9. The molecule has 2 fully saturated rings. The molecule has 1 heterocycles. The minimum atomic E-state index is -0.00150. The number of likely N-dealkylation sites (N-methyl/N-ethyl adjacent to an activating group) is 1. The summed E-state index contributed by atoms with van der Waals surface area (Å²) in [4.78, 5) is 32.9. The van der Waals surface area contributed by atoms with Gasteiger partial charge in [0.1, 0.15) is 6.54 Å². The van der Waals surface area contributed by atoms with Crippen molar-refractivity contribution >= 4 is 17.8 Å². The second-order valence-corrected chi connectivity index (χ2v) is 9.22. The molecule has 2 aliphatic rings. The SMILES string of the molecule is CCC(CC)C(=O)N1CCC(NC(=NCC(=O)N(C)C)NC2CCCCC2C)CC1. The molecule has 0 radical (unpaired) electrons. The Labute approximate surface area is 183 Å². The van der Waals surface area contributed by atoms with Crippen molar-refractivity contribution in [2.24, 2.45) is 16.8 Å². The number of rotatable bonds is 7. The number of piperidine rings is 1. The van der Waals surface area contributed by atoms with E-state index in [2.05, 4.69) is 36.4 Å². The standard InChI is InChI=1S/C23H43N5O2/c1-6-18(7-2)22(30)28-14-12-19(13-15-28)25-23(24-16-21(29)27(4)5)26-20-11-9-8-10-17(20)3/h17-20H,6-16H2,1-5H3,(H2,24,25,26). The van der Waals surface area contributed by atoms with Gasteiger partial charge in [-0.3, -0.25) is 9.59 Å². The number of hydrogen-bond donors (Lipinski definition) is 2. The van der Waals surface area contributed by atoms with Crippen LogP contribution in [-0.4, -0.2) is 73.4 Å². The first kappa shape index (κ1) is 24.5. The lowest BCUT2D eigenvalue weighted by molar-refractivity contribution is -0.136. The molecule has 2 rings (SSSR count). The van der Waals surface area contributed by atoms with Crippen molar-refractivity contribution in [3.05, 3.63) is 0 Å². The van der Waals surface area contributed by atoms with Crippen LogP contribution in [0.1, 0.15) is 72.1 Å². The average molecular weight is 422 g/mol. The largest absolute Gasteiger partial charge is 0.354 e. The van der Waals surface area contributed by atoms with E-state index in [9.17, 15) is 9.59 Å². The van der Waals surface area contributed by atoms with E-state index in [-0.39, 0.29) is 24.4 Å². The van der Waals surface area contributed by atoms with Crippen molar-refractivity contribution in [1.82, 2.24) is 20.4 Å². The van der Waals surface area contributed by atoms with Crippen LogP contribution in [0, 0.1) is 11.8 Å². The fourth-order valence-electron chi connectivity index (χ4n) is 4.46. The molecule has 0 aromatic heterocycles. The molecule has 7 nitrogen and oxygen atoms in total. The van der Waals surface area contributed by atoms with Gasteiger partial charge in [-0.05, 0) is 44.4 Å². The molecule has 7 heteroatoms. The van der Waals surface area contributed by atoms with Gasteiger partial charge in [0.25, 0.3) is 0 Å². The number of hydrogen-bond acceptors (Lipinski definition) is 3. The number of likely N-dealkylation sites (tertiary alicyclic amines) is 1. The van der Waals surface area contributed by atoms with Crippen LogP contribution in [-0.2, 0) is 9.59 Å². The van der Waals surface area contributed by atoms with Crippen LogP contribution in [0.25, 0.3) is 0 Å². The molecule has 30 heavy (non-hydrogen) atoms. The van der Waals surface area contributed by atoms with Crippen molar-refractivity contribution in [2.75, 3.05) is 33.7 Å². The van der Waals surface area contributed by atoms with Gasteiger partial charge in [0.15, 0.2) is 5.96 Å². The Kier molecular flexibility index (Phi) is 9.92. The summed E-state index contributed by atoms with van der Waals surface area (Å²) in [5, 5.41) is 7.17. The summed E-state index contributed by atoms with van der Waals surface area (Å²) in [6, 6.07) is 0.673. The maximum absolute atomic E-state index is 12.7. The molecule has 1 aliphatic heterocycles. The molecule has 0 spiro atoms. The number of carbonyl (C=O) groups is 2. The number of guanidine groups is 1. The maximum atomic E-state index is 12.7. The summed E-state index contributed by atoms with van der Waals surface area (Å²) in [7, 11) is 3.52. The highest BCUT2D eigenvalue weighted by Crippen LogP contribution is 2.24. The van der Waals surface area contributed by atoms with Crippen molar-refractivity contribution < 1.29 is 9.59 Å². The van der Waals surface area contributed by atoms with E-state index < -0.39 is 0 Å². The van der Waals surface area contributed by atoms with Crippen molar-refractivity contribution in [3.63, 3.8) is 0 Å². The zero-order valence-electron chi connectivity index (χ0n) is 19.7. The highest BCUT2D eigenvalue weighted by Gasteiger charge is 2.28. The van der Waals surface area contributed by atoms with Gasteiger partial charge in [-0.1, -0.05) is 33.6 Å². The molecule has 2 amide bonds. The summed E-state index contributed by atoms with van der Waals surface area (Å²) in [6.07, 6.45) is 8.55. The fraction of sp³-hybridized carbons (Fsp3) is 0.870. The molecular weight excluding hydrogens is 378 g/mol. The average Bonchev–Trinajstić information content (AvgIpc) is 2.74. The predicted molar refractivity (Wildman–Crippen MR) is 122 cm³/mol. The lowest BCUT2D eigenvalue weighted by Gasteiger charge is -2.36. The number of aliphatic imine (C=N–C) groups is 1. The molecule has 2 unspecified atom stereocenters. The Bertz CT molecular complexity index is 580. The Morgan fingerprint density at radius 2 is 1.67 bits per heavy atom.